The van der Waals surface area contributed by atoms with Gasteiger partial charge < -0.3 is 0 Å². The van der Waals surface area contributed by atoms with Crippen molar-refractivity contribution in [2.24, 2.45) is 0 Å². The summed E-state index contributed by atoms with van der Waals surface area (Å²) in [5, 5.41) is 12.0. The number of nitrogens with one attached hydrogen (secondary N) is 1. The summed E-state index contributed by atoms with van der Waals surface area (Å²) < 4.78 is 27.1. The van der Waals surface area contributed by atoms with Crippen LogP contribution in [-0.2, 0) is 15.3 Å². The molecule has 29 heavy (non-hydrogen) atoms. The number of hydrogen-bond donors (Lipinski definition) is 1. The third kappa shape index (κ3) is 6.99. The molecule has 2 rings (SSSR count). The molecule has 1 N–H and O–H groups in total. The lowest BCUT2D eigenvalue weighted by Gasteiger charge is -2.22. The van der Waals surface area contributed by atoms with Gasteiger partial charge in [-0.3, -0.25) is 5.10 Å². The molecule has 0 aromatic carbocycles. The van der Waals surface area contributed by atoms with E-state index in [1.54, 1.807) is 4.52 Å². The van der Waals surface area contributed by atoms with Crippen LogP contribution in [0.4, 0.5) is 0 Å². The van der Waals surface area contributed by atoms with Crippen LogP contribution in [0, 0.1) is 6.92 Å². The Morgan fingerprint density at radius 2 is 1.52 bits per heavy atom. The van der Waals surface area contributed by atoms with Gasteiger partial charge in [0, 0.05) is 5.41 Å². The fraction of sp³-hybridized carbons (Fsp3) is 0.810. The highest BCUT2D eigenvalue weighted by atomic mass is 35.5. The van der Waals surface area contributed by atoms with Crippen LogP contribution in [0.2, 0.25) is 5.02 Å². The number of halogens is 1. The minimum absolute atomic E-state index is 0.0495. The molecular formula is C21H37ClN4O2S. The predicted octanol–water partition coefficient (Wildman–Crippen LogP) is 5.63. The summed E-state index contributed by atoms with van der Waals surface area (Å²) >= 11 is 6.22. The second-order valence-corrected chi connectivity index (χ2v) is 11.5. The first-order valence-electron chi connectivity index (χ1n) is 11.0. The summed E-state index contributed by atoms with van der Waals surface area (Å²) in [6.45, 7) is 7.88. The molecule has 0 aliphatic heterocycles. The topological polar surface area (TPSA) is 80.1 Å². The molecule has 0 aliphatic rings. The number of nitrogens with zero attached hydrogens (tertiary/aromatic N) is 3. The van der Waals surface area contributed by atoms with E-state index >= 15 is 0 Å². The standard InChI is InChI=1S/C21H37ClN4O2S/c1-5-6-7-8-9-10-11-12-13-14-15-29(27,28)16-21(3,4)20-24-23-19-18(22)17(2)25-26(19)20/h25H,5-16H2,1-4H3. The van der Waals surface area contributed by atoms with Gasteiger partial charge in [-0.1, -0.05) is 90.2 Å². The lowest BCUT2D eigenvalue weighted by atomic mass is 9.96. The Morgan fingerprint density at radius 1 is 0.966 bits per heavy atom. The van der Waals surface area contributed by atoms with Gasteiger partial charge in [0.2, 0.25) is 0 Å². The first-order chi connectivity index (χ1) is 13.7. The maximum absolute atomic E-state index is 12.7. The van der Waals surface area contributed by atoms with Gasteiger partial charge in [-0.05, 0) is 13.3 Å². The Labute approximate surface area is 180 Å². The normalized spacial score (nSPS) is 12.9. The zero-order valence-corrected chi connectivity index (χ0v) is 20.0. The van der Waals surface area contributed by atoms with Gasteiger partial charge in [-0.15, -0.1) is 10.2 Å². The SMILES string of the molecule is CCCCCCCCCCCCS(=O)(=O)CC(C)(C)c1nnc2c(Cl)c(C)[nH]n12. The zero-order valence-electron chi connectivity index (χ0n) is 18.4. The second kappa shape index (κ2) is 10.8. The van der Waals surface area contributed by atoms with Crippen molar-refractivity contribution >= 4 is 27.1 Å². The minimum Gasteiger partial charge on any atom is -0.294 e. The largest absolute Gasteiger partial charge is 0.294 e. The molecule has 166 valence electrons. The van der Waals surface area contributed by atoms with Gasteiger partial charge in [0.25, 0.3) is 0 Å². The third-order valence-corrected chi connectivity index (χ3v) is 7.99. The summed E-state index contributed by atoms with van der Waals surface area (Å²) in [5.41, 5.74) is 0.679. The van der Waals surface area contributed by atoms with Crippen LogP contribution in [0.5, 0.6) is 0 Å². The average Bonchev–Trinajstić information content (AvgIpc) is 3.16. The lowest BCUT2D eigenvalue weighted by molar-refractivity contribution is 0.508. The molecule has 0 radical (unpaired) electrons. The Kier molecular flexibility index (Phi) is 9.01. The number of fused-ring (bicyclic) bond motifs is 1. The lowest BCUT2D eigenvalue weighted by Crippen LogP contribution is -2.32. The minimum atomic E-state index is -3.17. The molecule has 0 unspecified atom stereocenters. The molecular weight excluding hydrogens is 408 g/mol. The maximum atomic E-state index is 12.7. The highest BCUT2D eigenvalue weighted by molar-refractivity contribution is 7.91. The van der Waals surface area contributed by atoms with Crippen LogP contribution >= 0.6 is 11.6 Å². The number of unbranched alkanes of at least 4 members (excludes halogenated alkanes) is 9. The van der Waals surface area contributed by atoms with Crippen LogP contribution in [0.25, 0.3) is 5.65 Å². The highest BCUT2D eigenvalue weighted by Gasteiger charge is 2.33. The van der Waals surface area contributed by atoms with Crippen molar-refractivity contribution in [2.75, 3.05) is 11.5 Å². The van der Waals surface area contributed by atoms with Crippen molar-refractivity contribution in [3.63, 3.8) is 0 Å². The number of aromatic nitrogens is 4. The molecule has 0 saturated carbocycles. The molecule has 0 saturated heterocycles. The van der Waals surface area contributed by atoms with Crippen LogP contribution in [0.15, 0.2) is 0 Å². The Morgan fingerprint density at radius 3 is 2.10 bits per heavy atom. The highest BCUT2D eigenvalue weighted by Crippen LogP contribution is 2.28. The van der Waals surface area contributed by atoms with Crippen molar-refractivity contribution in [1.82, 2.24) is 19.8 Å². The molecule has 8 heteroatoms. The van der Waals surface area contributed by atoms with E-state index in [2.05, 4.69) is 22.2 Å². The van der Waals surface area contributed by atoms with Crippen molar-refractivity contribution in [3.8, 4) is 0 Å². The molecule has 0 bridgehead atoms. The zero-order chi connectivity index (χ0) is 21.5. The number of aryl methyl sites for hydroxylation is 1. The predicted molar refractivity (Wildman–Crippen MR) is 121 cm³/mol. The Hall–Kier alpha value is -1.08. The monoisotopic (exact) mass is 444 g/mol. The van der Waals surface area contributed by atoms with Gasteiger partial charge in [-0.25, -0.2) is 12.9 Å². The fourth-order valence-electron chi connectivity index (χ4n) is 3.85. The molecule has 0 atom stereocenters. The van der Waals surface area contributed by atoms with Crippen molar-refractivity contribution in [1.29, 1.82) is 0 Å². The molecule has 6 nitrogen and oxygen atoms in total. The smallest absolute Gasteiger partial charge is 0.196 e. The van der Waals surface area contributed by atoms with E-state index in [9.17, 15) is 8.42 Å². The van der Waals surface area contributed by atoms with Crippen molar-refractivity contribution in [3.05, 3.63) is 16.5 Å². The van der Waals surface area contributed by atoms with E-state index in [-0.39, 0.29) is 11.5 Å². The van der Waals surface area contributed by atoms with Crippen molar-refractivity contribution < 1.29 is 8.42 Å². The molecule has 2 aromatic heterocycles. The summed E-state index contributed by atoms with van der Waals surface area (Å²) in [5.74, 6) is 0.877. The van der Waals surface area contributed by atoms with Crippen LogP contribution in [0.3, 0.4) is 0 Å². The van der Waals surface area contributed by atoms with E-state index in [4.69, 9.17) is 11.6 Å². The summed E-state index contributed by atoms with van der Waals surface area (Å²) in [6, 6.07) is 0. The number of H-pyrrole nitrogens is 1. The van der Waals surface area contributed by atoms with E-state index in [0.29, 0.717) is 16.5 Å². The van der Waals surface area contributed by atoms with Gasteiger partial charge in [0.15, 0.2) is 21.3 Å². The number of hydrogen-bond acceptors (Lipinski definition) is 4. The van der Waals surface area contributed by atoms with Gasteiger partial charge >= 0.3 is 0 Å². The quantitative estimate of drug-likeness (QED) is 0.382. The maximum Gasteiger partial charge on any atom is 0.196 e. The average molecular weight is 445 g/mol. The Balaban J connectivity index is 1.77. The summed E-state index contributed by atoms with van der Waals surface area (Å²) in [6.07, 6.45) is 11.9. The van der Waals surface area contributed by atoms with E-state index < -0.39 is 15.3 Å². The fourth-order valence-corrected chi connectivity index (χ4v) is 6.03. The van der Waals surface area contributed by atoms with E-state index in [0.717, 1.165) is 25.0 Å². The van der Waals surface area contributed by atoms with Gasteiger partial charge in [-0.2, -0.15) is 0 Å². The molecule has 2 heterocycles. The molecule has 0 spiro atoms. The van der Waals surface area contributed by atoms with Gasteiger partial charge in [0.1, 0.15) is 5.02 Å². The number of rotatable bonds is 14. The van der Waals surface area contributed by atoms with Gasteiger partial charge in [0.05, 0.1) is 17.2 Å². The van der Waals surface area contributed by atoms with Crippen LogP contribution < -0.4 is 0 Å². The van der Waals surface area contributed by atoms with E-state index in [1.165, 1.54) is 44.9 Å². The van der Waals surface area contributed by atoms with Crippen molar-refractivity contribution in [2.45, 2.75) is 97.3 Å². The molecule has 0 fully saturated rings. The number of aromatic amines is 1. The third-order valence-electron chi connectivity index (χ3n) is 5.46. The van der Waals surface area contributed by atoms with Crippen LogP contribution in [0.1, 0.15) is 96.5 Å². The molecule has 2 aromatic rings. The Bertz CT molecular complexity index is 871. The molecule has 0 aliphatic carbocycles. The first kappa shape index (κ1) is 24.2. The first-order valence-corrected chi connectivity index (χ1v) is 13.2. The molecule has 0 amide bonds. The van der Waals surface area contributed by atoms with E-state index in [1.807, 2.05) is 20.8 Å². The van der Waals surface area contributed by atoms with Crippen LogP contribution in [-0.4, -0.2) is 39.7 Å². The summed E-state index contributed by atoms with van der Waals surface area (Å²) in [4.78, 5) is 0. The number of sulfone groups is 1. The summed E-state index contributed by atoms with van der Waals surface area (Å²) in [7, 11) is -3.17. The second-order valence-electron chi connectivity index (χ2n) is 8.89.